The van der Waals surface area contributed by atoms with E-state index in [1.165, 1.54) is 6.33 Å². The smallest absolute Gasteiger partial charge is 0.287 e. The van der Waals surface area contributed by atoms with Gasteiger partial charge in [-0.15, -0.1) is 0 Å². The van der Waals surface area contributed by atoms with Gasteiger partial charge >= 0.3 is 0 Å². The van der Waals surface area contributed by atoms with Gasteiger partial charge in [-0.3, -0.25) is 9.48 Å². The molecule has 2 aromatic rings. The zero-order valence-corrected chi connectivity index (χ0v) is 13.2. The quantitative estimate of drug-likeness (QED) is 0.937. The van der Waals surface area contributed by atoms with Crippen molar-refractivity contribution < 1.29 is 9.21 Å². The SMILES string of the molecule is Cc1cc(C(C)(C)C)oc1C(=O)N[C@@H](C)Cn1cncn1. The zero-order chi connectivity index (χ0) is 15.6. The summed E-state index contributed by atoms with van der Waals surface area (Å²) in [5.74, 6) is 0.995. The molecule has 2 aromatic heterocycles. The van der Waals surface area contributed by atoms with E-state index in [0.717, 1.165) is 11.3 Å². The third-order valence-corrected chi connectivity index (χ3v) is 3.17. The number of rotatable bonds is 4. The van der Waals surface area contributed by atoms with Gasteiger partial charge in [0.25, 0.3) is 5.91 Å². The number of furan rings is 1. The van der Waals surface area contributed by atoms with Gasteiger partial charge in [0.05, 0.1) is 6.54 Å². The Kier molecular flexibility index (Phi) is 4.16. The molecule has 0 radical (unpaired) electrons. The van der Waals surface area contributed by atoms with Gasteiger partial charge in [-0.2, -0.15) is 5.10 Å². The maximum absolute atomic E-state index is 12.3. The number of carbonyl (C=O) groups is 1. The zero-order valence-electron chi connectivity index (χ0n) is 13.2. The Balaban J connectivity index is 2.05. The Hall–Kier alpha value is -2.11. The summed E-state index contributed by atoms with van der Waals surface area (Å²) in [6.07, 6.45) is 3.10. The number of hydrogen-bond acceptors (Lipinski definition) is 4. The molecule has 1 amide bonds. The van der Waals surface area contributed by atoms with Crippen LogP contribution < -0.4 is 5.32 Å². The number of nitrogens with zero attached hydrogens (tertiary/aromatic N) is 3. The molecule has 0 aliphatic rings. The second-order valence-corrected chi connectivity index (χ2v) is 6.36. The second-order valence-electron chi connectivity index (χ2n) is 6.36. The van der Waals surface area contributed by atoms with Crippen LogP contribution in [-0.2, 0) is 12.0 Å². The lowest BCUT2D eigenvalue weighted by atomic mass is 9.93. The highest BCUT2D eigenvalue weighted by Crippen LogP contribution is 2.26. The molecular formula is C15H22N4O2. The fourth-order valence-corrected chi connectivity index (χ4v) is 2.02. The van der Waals surface area contributed by atoms with Gasteiger partial charge in [0, 0.05) is 17.0 Å². The molecule has 0 saturated heterocycles. The lowest BCUT2D eigenvalue weighted by Crippen LogP contribution is -2.35. The number of aryl methyl sites for hydroxylation is 1. The molecule has 0 saturated carbocycles. The van der Waals surface area contributed by atoms with E-state index in [2.05, 4.69) is 36.2 Å². The minimum atomic E-state index is -0.199. The molecular weight excluding hydrogens is 268 g/mol. The van der Waals surface area contributed by atoms with Crippen LogP contribution in [0.3, 0.4) is 0 Å². The van der Waals surface area contributed by atoms with Crippen LogP contribution in [0.25, 0.3) is 0 Å². The third-order valence-electron chi connectivity index (χ3n) is 3.17. The van der Waals surface area contributed by atoms with E-state index < -0.39 is 0 Å². The van der Waals surface area contributed by atoms with Gasteiger partial charge in [-0.1, -0.05) is 20.8 Å². The molecule has 6 nitrogen and oxygen atoms in total. The van der Waals surface area contributed by atoms with Crippen LogP contribution in [0, 0.1) is 6.92 Å². The van der Waals surface area contributed by atoms with Crippen LogP contribution >= 0.6 is 0 Å². The Morgan fingerprint density at radius 3 is 2.71 bits per heavy atom. The lowest BCUT2D eigenvalue weighted by molar-refractivity contribution is 0.0903. The van der Waals surface area contributed by atoms with E-state index in [1.54, 1.807) is 11.0 Å². The van der Waals surface area contributed by atoms with Gasteiger partial charge in [0.1, 0.15) is 18.4 Å². The van der Waals surface area contributed by atoms with Crippen LogP contribution in [0.15, 0.2) is 23.1 Å². The van der Waals surface area contributed by atoms with E-state index in [1.807, 2.05) is 19.9 Å². The minimum Gasteiger partial charge on any atom is -0.455 e. The molecule has 0 aliphatic heterocycles. The maximum Gasteiger partial charge on any atom is 0.287 e. The maximum atomic E-state index is 12.3. The molecule has 0 fully saturated rings. The molecule has 0 unspecified atom stereocenters. The molecule has 0 bridgehead atoms. The summed E-state index contributed by atoms with van der Waals surface area (Å²) in [6.45, 7) is 10.5. The van der Waals surface area contributed by atoms with Gasteiger partial charge in [-0.25, -0.2) is 4.98 Å². The van der Waals surface area contributed by atoms with Crippen molar-refractivity contribution in [3.05, 3.63) is 35.8 Å². The van der Waals surface area contributed by atoms with Crippen LogP contribution in [0.1, 0.15) is 49.6 Å². The molecule has 1 atom stereocenters. The van der Waals surface area contributed by atoms with E-state index in [4.69, 9.17) is 4.42 Å². The predicted octanol–water partition coefficient (Wildman–Crippen LogP) is 2.30. The fourth-order valence-electron chi connectivity index (χ4n) is 2.02. The average Bonchev–Trinajstić information content (AvgIpc) is 2.97. The van der Waals surface area contributed by atoms with Crippen molar-refractivity contribution in [3.8, 4) is 0 Å². The fraction of sp³-hybridized carbons (Fsp3) is 0.533. The highest BCUT2D eigenvalue weighted by Gasteiger charge is 2.23. The summed E-state index contributed by atoms with van der Waals surface area (Å²) >= 11 is 0. The summed E-state index contributed by atoms with van der Waals surface area (Å²) in [5.41, 5.74) is 0.737. The Morgan fingerprint density at radius 2 is 2.19 bits per heavy atom. The van der Waals surface area contributed by atoms with Gasteiger partial charge < -0.3 is 9.73 Å². The average molecular weight is 290 g/mol. The van der Waals surface area contributed by atoms with E-state index in [9.17, 15) is 4.79 Å². The first-order chi connectivity index (χ1) is 9.77. The van der Waals surface area contributed by atoms with Crippen LogP contribution in [0.5, 0.6) is 0 Å². The molecule has 114 valence electrons. The molecule has 2 heterocycles. The highest BCUT2D eigenvalue weighted by atomic mass is 16.4. The topological polar surface area (TPSA) is 73.0 Å². The van der Waals surface area contributed by atoms with Crippen molar-refractivity contribution in [2.45, 2.75) is 52.6 Å². The van der Waals surface area contributed by atoms with Crippen molar-refractivity contribution in [1.29, 1.82) is 0 Å². The molecule has 21 heavy (non-hydrogen) atoms. The first-order valence-electron chi connectivity index (χ1n) is 7.01. The molecule has 0 aliphatic carbocycles. The minimum absolute atomic E-state index is 0.0678. The Morgan fingerprint density at radius 1 is 1.48 bits per heavy atom. The van der Waals surface area contributed by atoms with Gasteiger partial charge in [0.2, 0.25) is 0 Å². The molecule has 0 aromatic carbocycles. The summed E-state index contributed by atoms with van der Waals surface area (Å²) in [5, 5.41) is 6.94. The number of aromatic nitrogens is 3. The summed E-state index contributed by atoms with van der Waals surface area (Å²) < 4.78 is 7.41. The van der Waals surface area contributed by atoms with Crippen LogP contribution in [0.4, 0.5) is 0 Å². The van der Waals surface area contributed by atoms with E-state index in [-0.39, 0.29) is 17.4 Å². The van der Waals surface area contributed by atoms with Crippen molar-refractivity contribution >= 4 is 5.91 Å². The summed E-state index contributed by atoms with van der Waals surface area (Å²) in [4.78, 5) is 16.2. The normalized spacial score (nSPS) is 13.2. The van der Waals surface area contributed by atoms with Crippen molar-refractivity contribution in [2.75, 3.05) is 0 Å². The third kappa shape index (κ3) is 3.71. The molecule has 2 rings (SSSR count). The number of carbonyl (C=O) groups excluding carboxylic acids is 1. The number of hydrogen-bond donors (Lipinski definition) is 1. The van der Waals surface area contributed by atoms with Crippen molar-refractivity contribution in [1.82, 2.24) is 20.1 Å². The predicted molar refractivity (Wildman–Crippen MR) is 79.1 cm³/mol. The van der Waals surface area contributed by atoms with E-state index in [0.29, 0.717) is 12.3 Å². The first kappa shape index (κ1) is 15.3. The first-order valence-corrected chi connectivity index (χ1v) is 7.01. The Labute approximate surface area is 124 Å². The largest absolute Gasteiger partial charge is 0.455 e. The van der Waals surface area contributed by atoms with Gasteiger partial charge in [0.15, 0.2) is 5.76 Å². The Bertz CT molecular complexity index is 608. The lowest BCUT2D eigenvalue weighted by Gasteiger charge is -2.15. The number of nitrogens with one attached hydrogen (secondary N) is 1. The van der Waals surface area contributed by atoms with Gasteiger partial charge in [-0.05, 0) is 19.9 Å². The van der Waals surface area contributed by atoms with Crippen molar-refractivity contribution in [3.63, 3.8) is 0 Å². The van der Waals surface area contributed by atoms with Crippen molar-refractivity contribution in [2.24, 2.45) is 0 Å². The monoisotopic (exact) mass is 290 g/mol. The molecule has 6 heteroatoms. The molecule has 0 spiro atoms. The summed E-state index contributed by atoms with van der Waals surface area (Å²) in [6, 6.07) is 1.86. The van der Waals surface area contributed by atoms with Crippen LogP contribution in [0.2, 0.25) is 0 Å². The number of amides is 1. The standard InChI is InChI=1S/C15H22N4O2/c1-10-6-12(15(3,4)5)21-13(10)14(20)18-11(2)7-19-9-16-8-17-19/h6,8-9,11H,7H2,1-5H3,(H,18,20)/t11-/m0/s1. The molecule has 1 N–H and O–H groups in total. The summed E-state index contributed by atoms with van der Waals surface area (Å²) in [7, 11) is 0. The highest BCUT2D eigenvalue weighted by molar-refractivity contribution is 5.93. The van der Waals surface area contributed by atoms with Crippen LogP contribution in [-0.4, -0.2) is 26.7 Å². The second kappa shape index (κ2) is 5.71. The van der Waals surface area contributed by atoms with E-state index >= 15 is 0 Å².